The number of rotatable bonds is 7. The summed E-state index contributed by atoms with van der Waals surface area (Å²) in [6.45, 7) is 4.54. The van der Waals surface area contributed by atoms with Gasteiger partial charge >= 0.3 is 5.97 Å². The number of amides is 1. The van der Waals surface area contributed by atoms with Gasteiger partial charge in [0.1, 0.15) is 0 Å². The normalized spacial score (nSPS) is 15.0. The first-order valence-electron chi connectivity index (χ1n) is 9.83. The molecule has 0 aromatic heterocycles. The molecule has 1 aliphatic heterocycles. The van der Waals surface area contributed by atoms with Crippen molar-refractivity contribution in [1.82, 2.24) is 4.90 Å². The highest BCUT2D eigenvalue weighted by Crippen LogP contribution is 2.19. The summed E-state index contributed by atoms with van der Waals surface area (Å²) in [4.78, 5) is 29.3. The highest BCUT2D eigenvalue weighted by molar-refractivity contribution is 5.97. The molecule has 29 heavy (non-hydrogen) atoms. The zero-order valence-electron chi connectivity index (χ0n) is 16.6. The summed E-state index contributed by atoms with van der Waals surface area (Å²) in [5.74, 6) is -0.748. The van der Waals surface area contributed by atoms with E-state index in [1.807, 2.05) is 18.2 Å². The van der Waals surface area contributed by atoms with Gasteiger partial charge in [-0.15, -0.1) is 0 Å². The van der Waals surface area contributed by atoms with Crippen molar-refractivity contribution in [3.05, 3.63) is 60.2 Å². The van der Waals surface area contributed by atoms with E-state index in [-0.39, 0.29) is 12.5 Å². The van der Waals surface area contributed by atoms with Crippen molar-refractivity contribution in [2.75, 3.05) is 49.5 Å². The topological polar surface area (TPSA) is 82.1 Å². The number of aliphatic hydroxyl groups is 1. The van der Waals surface area contributed by atoms with Crippen molar-refractivity contribution in [3.8, 4) is 0 Å². The molecule has 0 aliphatic carbocycles. The van der Waals surface area contributed by atoms with E-state index in [4.69, 9.17) is 9.84 Å². The molecule has 154 valence electrons. The Hall–Kier alpha value is -3.06. The summed E-state index contributed by atoms with van der Waals surface area (Å²) in [6.07, 6.45) is -0.864. The smallest absolute Gasteiger partial charge is 0.341 e. The molecule has 2 N–H and O–H groups in total. The van der Waals surface area contributed by atoms with Crippen LogP contribution in [0.5, 0.6) is 0 Å². The molecule has 1 amide bonds. The van der Waals surface area contributed by atoms with E-state index in [1.165, 1.54) is 0 Å². The maximum absolute atomic E-state index is 12.7. The van der Waals surface area contributed by atoms with E-state index in [1.54, 1.807) is 36.1 Å². The minimum absolute atomic E-state index is 0.0484. The van der Waals surface area contributed by atoms with Gasteiger partial charge in [-0.2, -0.15) is 0 Å². The average Bonchev–Trinajstić information content (AvgIpc) is 2.78. The lowest BCUT2D eigenvalue weighted by atomic mass is 10.1. The molecule has 0 bridgehead atoms. The fourth-order valence-electron chi connectivity index (χ4n) is 3.36. The number of piperazine rings is 1. The third-order valence-electron chi connectivity index (χ3n) is 4.92. The number of anilines is 2. The number of hydrogen-bond donors (Lipinski definition) is 2. The third kappa shape index (κ3) is 5.26. The van der Waals surface area contributed by atoms with Gasteiger partial charge in [0.2, 0.25) is 0 Å². The Labute approximate surface area is 170 Å². The average molecular weight is 397 g/mol. The van der Waals surface area contributed by atoms with Crippen LogP contribution in [0.1, 0.15) is 17.3 Å². The minimum atomic E-state index is -0.864. The van der Waals surface area contributed by atoms with Gasteiger partial charge in [0.15, 0.2) is 6.10 Å². The lowest BCUT2D eigenvalue weighted by Gasteiger charge is -2.37. The first kappa shape index (κ1) is 20.7. The molecule has 7 nitrogen and oxygen atoms in total. The van der Waals surface area contributed by atoms with Crippen LogP contribution in [0.2, 0.25) is 0 Å². The zero-order valence-corrected chi connectivity index (χ0v) is 16.6. The van der Waals surface area contributed by atoms with Gasteiger partial charge in [-0.25, -0.2) is 4.79 Å². The molecule has 1 saturated heterocycles. The molecule has 1 aliphatic rings. The summed E-state index contributed by atoms with van der Waals surface area (Å²) >= 11 is 0. The third-order valence-corrected chi connectivity index (χ3v) is 4.92. The molecule has 0 spiro atoms. The maximum Gasteiger partial charge on any atom is 0.341 e. The number of nitrogens with zero attached hydrogens (tertiary/aromatic N) is 2. The Morgan fingerprint density at radius 1 is 1.03 bits per heavy atom. The Bertz CT molecular complexity index is 820. The molecular weight excluding hydrogens is 370 g/mol. The Balaban J connectivity index is 1.55. The first-order valence-corrected chi connectivity index (χ1v) is 9.83. The quantitative estimate of drug-likeness (QED) is 0.696. The molecular formula is C22H27N3O4. The number of nitrogens with one attached hydrogen (secondary N) is 1. The van der Waals surface area contributed by atoms with E-state index >= 15 is 0 Å². The number of benzene rings is 2. The fraction of sp³-hybridized carbons (Fsp3) is 0.364. The van der Waals surface area contributed by atoms with E-state index in [0.717, 1.165) is 18.8 Å². The highest BCUT2D eigenvalue weighted by atomic mass is 16.5. The molecule has 0 radical (unpaired) electrons. The van der Waals surface area contributed by atoms with Gasteiger partial charge in [0.25, 0.3) is 5.91 Å². The molecule has 1 atom stereocenters. The second kappa shape index (κ2) is 9.93. The zero-order chi connectivity index (χ0) is 20.6. The van der Waals surface area contributed by atoms with E-state index in [9.17, 15) is 9.59 Å². The summed E-state index contributed by atoms with van der Waals surface area (Å²) < 4.78 is 5.44. The Kier molecular flexibility index (Phi) is 7.08. The number of ether oxygens (including phenoxy) is 1. The van der Waals surface area contributed by atoms with Gasteiger partial charge in [0, 0.05) is 44.1 Å². The largest absolute Gasteiger partial charge is 0.449 e. The van der Waals surface area contributed by atoms with Crippen molar-refractivity contribution in [3.63, 3.8) is 0 Å². The number of esters is 1. The van der Waals surface area contributed by atoms with Crippen LogP contribution in [-0.2, 0) is 9.53 Å². The Morgan fingerprint density at radius 3 is 2.38 bits per heavy atom. The molecule has 1 fully saturated rings. The Morgan fingerprint density at radius 2 is 1.69 bits per heavy atom. The standard InChI is InChI=1S/C22H27N3O4/c1-17(29-22(28)19-9-5-6-10-20(19)23-11-16-26)21(27)25-14-12-24(13-15-25)18-7-3-2-4-8-18/h2-10,17,23,26H,11-16H2,1H3/t17-/m0/s1. The number of hydrogen-bond acceptors (Lipinski definition) is 6. The van der Waals surface area contributed by atoms with Crippen molar-refractivity contribution in [1.29, 1.82) is 0 Å². The van der Waals surface area contributed by atoms with Crippen LogP contribution in [-0.4, -0.2) is 67.3 Å². The lowest BCUT2D eigenvalue weighted by Crippen LogP contribution is -2.51. The molecule has 1 heterocycles. The molecule has 0 saturated carbocycles. The molecule has 2 aromatic rings. The minimum Gasteiger partial charge on any atom is -0.449 e. The van der Waals surface area contributed by atoms with E-state index in [2.05, 4.69) is 22.3 Å². The molecule has 0 unspecified atom stereocenters. The maximum atomic E-state index is 12.7. The van der Waals surface area contributed by atoms with Crippen LogP contribution in [0.15, 0.2) is 54.6 Å². The van der Waals surface area contributed by atoms with Gasteiger partial charge in [0.05, 0.1) is 12.2 Å². The van der Waals surface area contributed by atoms with Gasteiger partial charge < -0.3 is 25.0 Å². The predicted molar refractivity (Wildman–Crippen MR) is 112 cm³/mol. The van der Waals surface area contributed by atoms with Gasteiger partial charge in [-0.1, -0.05) is 30.3 Å². The summed E-state index contributed by atoms with van der Waals surface area (Å²) in [7, 11) is 0. The van der Waals surface area contributed by atoms with E-state index in [0.29, 0.717) is 30.9 Å². The fourth-order valence-corrected chi connectivity index (χ4v) is 3.36. The summed E-state index contributed by atoms with van der Waals surface area (Å²) in [6, 6.07) is 17.0. The van der Waals surface area contributed by atoms with Crippen LogP contribution in [0.3, 0.4) is 0 Å². The van der Waals surface area contributed by atoms with Crippen molar-refractivity contribution in [2.24, 2.45) is 0 Å². The highest BCUT2D eigenvalue weighted by Gasteiger charge is 2.28. The van der Waals surface area contributed by atoms with Gasteiger partial charge in [-0.3, -0.25) is 4.79 Å². The van der Waals surface area contributed by atoms with Crippen LogP contribution < -0.4 is 10.2 Å². The summed E-state index contributed by atoms with van der Waals surface area (Å²) in [5.41, 5.74) is 2.06. The molecule has 2 aromatic carbocycles. The van der Waals surface area contributed by atoms with Crippen LogP contribution in [0, 0.1) is 0 Å². The van der Waals surface area contributed by atoms with E-state index < -0.39 is 12.1 Å². The van der Waals surface area contributed by atoms with Crippen LogP contribution in [0.25, 0.3) is 0 Å². The lowest BCUT2D eigenvalue weighted by molar-refractivity contribution is -0.140. The number of carbonyl (C=O) groups is 2. The number of para-hydroxylation sites is 2. The van der Waals surface area contributed by atoms with Gasteiger partial charge in [-0.05, 0) is 31.2 Å². The predicted octanol–water partition coefficient (Wildman–Crippen LogP) is 1.98. The van der Waals surface area contributed by atoms with Crippen molar-refractivity contribution >= 4 is 23.3 Å². The monoisotopic (exact) mass is 397 g/mol. The summed E-state index contributed by atoms with van der Waals surface area (Å²) in [5, 5.41) is 12.0. The van der Waals surface area contributed by atoms with Crippen LogP contribution >= 0.6 is 0 Å². The van der Waals surface area contributed by atoms with Crippen molar-refractivity contribution < 1.29 is 19.4 Å². The second-order valence-electron chi connectivity index (χ2n) is 6.89. The molecule has 7 heteroatoms. The number of carbonyl (C=O) groups excluding carboxylic acids is 2. The van der Waals surface area contributed by atoms with Crippen molar-refractivity contribution in [2.45, 2.75) is 13.0 Å². The second-order valence-corrected chi connectivity index (χ2v) is 6.89. The first-order chi connectivity index (χ1) is 14.1. The van der Waals surface area contributed by atoms with Crippen LogP contribution in [0.4, 0.5) is 11.4 Å². The SMILES string of the molecule is C[C@H](OC(=O)c1ccccc1NCCO)C(=O)N1CCN(c2ccccc2)CC1. The number of aliphatic hydroxyl groups excluding tert-OH is 1. The molecule has 3 rings (SSSR count).